The molecule has 0 unspecified atom stereocenters. The van der Waals surface area contributed by atoms with Crippen LogP contribution in [0.15, 0.2) is 35.1 Å². The van der Waals surface area contributed by atoms with Gasteiger partial charge in [-0.1, -0.05) is 26.0 Å². The summed E-state index contributed by atoms with van der Waals surface area (Å²) in [6.45, 7) is 8.19. The van der Waals surface area contributed by atoms with E-state index in [1.165, 1.54) is 0 Å². The molecule has 0 amide bonds. The van der Waals surface area contributed by atoms with Gasteiger partial charge in [-0.2, -0.15) is 0 Å². The van der Waals surface area contributed by atoms with Gasteiger partial charge in [-0.05, 0) is 38.3 Å². The van der Waals surface area contributed by atoms with Crippen molar-refractivity contribution in [3.63, 3.8) is 0 Å². The molecule has 0 fully saturated rings. The standard InChI is InChI=1S/C17H22N2O2/c1-11(2)8-14-10-16(20)19-17(18-14)13-6-5-7-15(9-13)21-12(3)4/h5-7,9-12H,8H2,1-4H3,(H,18,19,20). The summed E-state index contributed by atoms with van der Waals surface area (Å²) < 4.78 is 5.68. The van der Waals surface area contributed by atoms with E-state index in [-0.39, 0.29) is 11.7 Å². The average molecular weight is 286 g/mol. The lowest BCUT2D eigenvalue weighted by molar-refractivity contribution is 0.242. The molecule has 1 heterocycles. The molecule has 0 aliphatic carbocycles. The second-order valence-corrected chi connectivity index (χ2v) is 5.88. The van der Waals surface area contributed by atoms with Crippen LogP contribution in [0.2, 0.25) is 0 Å². The molecule has 0 saturated carbocycles. The van der Waals surface area contributed by atoms with Crippen molar-refractivity contribution in [2.24, 2.45) is 5.92 Å². The van der Waals surface area contributed by atoms with Crippen LogP contribution in [0.1, 0.15) is 33.4 Å². The number of nitrogens with zero attached hydrogens (tertiary/aromatic N) is 1. The molecular weight excluding hydrogens is 264 g/mol. The van der Waals surface area contributed by atoms with E-state index in [9.17, 15) is 4.79 Å². The van der Waals surface area contributed by atoms with Gasteiger partial charge in [0.25, 0.3) is 5.56 Å². The molecule has 0 aliphatic heterocycles. The Morgan fingerprint density at radius 3 is 2.62 bits per heavy atom. The SMILES string of the molecule is CC(C)Cc1cc(=O)[nH]c(-c2cccc(OC(C)C)c2)n1. The maximum absolute atomic E-state index is 11.8. The Kier molecular flexibility index (Phi) is 4.78. The first-order valence-electron chi connectivity index (χ1n) is 7.31. The fourth-order valence-electron chi connectivity index (χ4n) is 2.16. The first-order chi connectivity index (χ1) is 9.94. The van der Waals surface area contributed by atoms with Crippen LogP contribution in [0, 0.1) is 5.92 Å². The summed E-state index contributed by atoms with van der Waals surface area (Å²) in [5.74, 6) is 1.83. The zero-order valence-electron chi connectivity index (χ0n) is 13.0. The molecule has 21 heavy (non-hydrogen) atoms. The third-order valence-electron chi connectivity index (χ3n) is 2.89. The highest BCUT2D eigenvalue weighted by Crippen LogP contribution is 2.21. The first kappa shape index (κ1) is 15.3. The Balaban J connectivity index is 2.37. The molecule has 1 aromatic carbocycles. The quantitative estimate of drug-likeness (QED) is 0.916. The summed E-state index contributed by atoms with van der Waals surface area (Å²) in [5, 5.41) is 0. The fraction of sp³-hybridized carbons (Fsp3) is 0.412. The van der Waals surface area contributed by atoms with Gasteiger partial charge in [0, 0.05) is 17.3 Å². The molecule has 0 atom stereocenters. The Morgan fingerprint density at radius 2 is 1.95 bits per heavy atom. The summed E-state index contributed by atoms with van der Waals surface area (Å²) in [6.07, 6.45) is 0.901. The first-order valence-corrected chi connectivity index (χ1v) is 7.31. The Hall–Kier alpha value is -2.10. The van der Waals surface area contributed by atoms with Crippen molar-refractivity contribution >= 4 is 0 Å². The van der Waals surface area contributed by atoms with Crippen LogP contribution >= 0.6 is 0 Å². The van der Waals surface area contributed by atoms with Gasteiger partial charge in [0.15, 0.2) is 0 Å². The highest BCUT2D eigenvalue weighted by atomic mass is 16.5. The van der Waals surface area contributed by atoms with Crippen molar-refractivity contribution in [3.05, 3.63) is 46.4 Å². The van der Waals surface area contributed by atoms with Gasteiger partial charge in [0.05, 0.1) is 6.10 Å². The van der Waals surface area contributed by atoms with Crippen LogP contribution in [-0.2, 0) is 6.42 Å². The minimum Gasteiger partial charge on any atom is -0.491 e. The van der Waals surface area contributed by atoms with Crippen LogP contribution in [-0.4, -0.2) is 16.1 Å². The maximum Gasteiger partial charge on any atom is 0.251 e. The summed E-state index contributed by atoms with van der Waals surface area (Å²) >= 11 is 0. The normalized spacial score (nSPS) is 11.1. The summed E-state index contributed by atoms with van der Waals surface area (Å²) in [7, 11) is 0. The number of benzene rings is 1. The third-order valence-corrected chi connectivity index (χ3v) is 2.89. The number of aromatic nitrogens is 2. The molecule has 0 spiro atoms. The van der Waals surface area contributed by atoms with E-state index in [4.69, 9.17) is 4.74 Å². The van der Waals surface area contributed by atoms with Gasteiger partial charge in [0.2, 0.25) is 0 Å². The van der Waals surface area contributed by atoms with Crippen molar-refractivity contribution in [2.45, 2.75) is 40.2 Å². The molecule has 0 bridgehead atoms. The molecule has 0 saturated heterocycles. The molecule has 1 aromatic heterocycles. The number of H-pyrrole nitrogens is 1. The van der Waals surface area contributed by atoms with Crippen LogP contribution in [0.4, 0.5) is 0 Å². The monoisotopic (exact) mass is 286 g/mol. The van der Waals surface area contributed by atoms with E-state index in [1.807, 2.05) is 38.1 Å². The lowest BCUT2D eigenvalue weighted by Crippen LogP contribution is -2.12. The smallest absolute Gasteiger partial charge is 0.251 e. The fourth-order valence-corrected chi connectivity index (χ4v) is 2.16. The van der Waals surface area contributed by atoms with E-state index in [1.54, 1.807) is 6.07 Å². The molecule has 112 valence electrons. The van der Waals surface area contributed by atoms with Gasteiger partial charge < -0.3 is 9.72 Å². The van der Waals surface area contributed by atoms with Crippen molar-refractivity contribution in [2.75, 3.05) is 0 Å². The molecule has 4 nitrogen and oxygen atoms in total. The zero-order chi connectivity index (χ0) is 15.4. The summed E-state index contributed by atoms with van der Waals surface area (Å²) in [6, 6.07) is 9.20. The van der Waals surface area contributed by atoms with E-state index >= 15 is 0 Å². The van der Waals surface area contributed by atoms with Crippen LogP contribution in [0.25, 0.3) is 11.4 Å². The highest BCUT2D eigenvalue weighted by molar-refractivity contribution is 5.57. The summed E-state index contributed by atoms with van der Waals surface area (Å²) in [4.78, 5) is 19.2. The third kappa shape index (κ3) is 4.45. The Bertz CT molecular complexity index is 660. The van der Waals surface area contributed by atoms with Crippen LogP contribution in [0.3, 0.4) is 0 Å². The van der Waals surface area contributed by atoms with Gasteiger partial charge in [-0.15, -0.1) is 0 Å². The number of hydrogen-bond donors (Lipinski definition) is 1. The van der Waals surface area contributed by atoms with Crippen LogP contribution in [0.5, 0.6) is 5.75 Å². The summed E-state index contributed by atoms with van der Waals surface area (Å²) in [5.41, 5.74) is 1.56. The Labute approximate surface area is 125 Å². The number of nitrogens with one attached hydrogen (secondary N) is 1. The highest BCUT2D eigenvalue weighted by Gasteiger charge is 2.07. The molecule has 4 heteroatoms. The molecule has 2 aromatic rings. The lowest BCUT2D eigenvalue weighted by Gasteiger charge is -2.11. The number of aromatic amines is 1. The van der Waals surface area contributed by atoms with Gasteiger partial charge >= 0.3 is 0 Å². The molecule has 1 N–H and O–H groups in total. The van der Waals surface area contributed by atoms with E-state index in [2.05, 4.69) is 23.8 Å². The maximum atomic E-state index is 11.8. The van der Waals surface area contributed by atoms with Gasteiger partial charge in [-0.3, -0.25) is 4.79 Å². The minimum atomic E-state index is -0.120. The lowest BCUT2D eigenvalue weighted by atomic mass is 10.1. The largest absolute Gasteiger partial charge is 0.491 e. The number of hydrogen-bond acceptors (Lipinski definition) is 3. The van der Waals surface area contributed by atoms with E-state index < -0.39 is 0 Å². The van der Waals surface area contributed by atoms with Crippen molar-refractivity contribution in [3.8, 4) is 17.1 Å². The Morgan fingerprint density at radius 1 is 1.19 bits per heavy atom. The second kappa shape index (κ2) is 6.57. The average Bonchev–Trinajstić information content (AvgIpc) is 2.36. The van der Waals surface area contributed by atoms with Crippen molar-refractivity contribution < 1.29 is 4.74 Å². The molecule has 0 radical (unpaired) electrons. The predicted octanol–water partition coefficient (Wildman–Crippen LogP) is 3.42. The van der Waals surface area contributed by atoms with Gasteiger partial charge in [0.1, 0.15) is 11.6 Å². The van der Waals surface area contributed by atoms with E-state index in [0.29, 0.717) is 11.7 Å². The van der Waals surface area contributed by atoms with Crippen molar-refractivity contribution in [1.82, 2.24) is 9.97 Å². The number of ether oxygens (including phenoxy) is 1. The number of rotatable bonds is 5. The van der Waals surface area contributed by atoms with Crippen molar-refractivity contribution in [1.29, 1.82) is 0 Å². The molecule has 0 aliphatic rings. The van der Waals surface area contributed by atoms with Gasteiger partial charge in [-0.25, -0.2) is 4.98 Å². The molecule has 2 rings (SSSR count). The second-order valence-electron chi connectivity index (χ2n) is 5.88. The molecular formula is C17H22N2O2. The minimum absolute atomic E-state index is 0.111. The zero-order valence-corrected chi connectivity index (χ0v) is 13.0. The topological polar surface area (TPSA) is 55.0 Å². The predicted molar refractivity (Wildman–Crippen MR) is 84.6 cm³/mol. The van der Waals surface area contributed by atoms with Crippen LogP contribution < -0.4 is 10.3 Å². The van der Waals surface area contributed by atoms with E-state index in [0.717, 1.165) is 23.4 Å².